The highest BCUT2D eigenvalue weighted by molar-refractivity contribution is 7.89. The van der Waals surface area contributed by atoms with Gasteiger partial charge in [-0.25, -0.2) is 12.7 Å². The summed E-state index contributed by atoms with van der Waals surface area (Å²) >= 11 is 12.7. The van der Waals surface area contributed by atoms with Gasteiger partial charge in [-0.1, -0.05) is 55.2 Å². The highest BCUT2D eigenvalue weighted by Crippen LogP contribution is 2.50. The number of nitrogens with zero attached hydrogens (tertiary/aromatic N) is 3. The maximum atomic E-state index is 13.7. The number of fused-ring (bicyclic) bond motifs is 1. The number of carbonyl (C=O) groups excluding carboxylic acids is 1. The molecule has 1 aliphatic rings. The number of amides is 1. The molecular weight excluding hydrogens is 473 g/mol. The van der Waals surface area contributed by atoms with E-state index >= 15 is 0 Å². The topological polar surface area (TPSA) is 81.2 Å². The number of benzene rings is 2. The predicted octanol–water partition coefficient (Wildman–Crippen LogP) is 3.17. The molecule has 0 aliphatic carbocycles. The Labute approximate surface area is 199 Å². The molecule has 1 aliphatic heterocycles. The van der Waals surface area contributed by atoms with Crippen LogP contribution in [-0.2, 0) is 20.4 Å². The van der Waals surface area contributed by atoms with Crippen molar-refractivity contribution in [3.05, 3.63) is 57.6 Å². The van der Waals surface area contributed by atoms with Gasteiger partial charge in [0.1, 0.15) is 0 Å². The van der Waals surface area contributed by atoms with Gasteiger partial charge in [0, 0.05) is 43.3 Å². The molecule has 2 aromatic rings. The van der Waals surface area contributed by atoms with E-state index in [-0.39, 0.29) is 27.6 Å². The summed E-state index contributed by atoms with van der Waals surface area (Å²) in [6, 6.07) is 8.96. The second kappa shape index (κ2) is 9.29. The van der Waals surface area contributed by atoms with Gasteiger partial charge in [-0.2, -0.15) is 0 Å². The molecule has 0 fully saturated rings. The van der Waals surface area contributed by atoms with Crippen LogP contribution >= 0.6 is 23.2 Å². The second-order valence-electron chi connectivity index (χ2n) is 7.76. The molecule has 0 bridgehead atoms. The average molecular weight is 500 g/mol. The Hall–Kier alpha value is -1.68. The van der Waals surface area contributed by atoms with Crippen LogP contribution in [0.25, 0.3) is 0 Å². The van der Waals surface area contributed by atoms with Gasteiger partial charge in [0.2, 0.25) is 10.0 Å². The van der Waals surface area contributed by atoms with Crippen LogP contribution in [0, 0.1) is 0 Å². The average Bonchev–Trinajstić information content (AvgIpc) is 2.96. The molecule has 0 saturated heterocycles. The fourth-order valence-corrected chi connectivity index (χ4v) is 5.74. The van der Waals surface area contributed by atoms with E-state index in [1.54, 1.807) is 18.2 Å². The molecule has 0 aromatic heterocycles. The van der Waals surface area contributed by atoms with Gasteiger partial charge in [-0.15, -0.1) is 0 Å². The van der Waals surface area contributed by atoms with Crippen molar-refractivity contribution in [3.63, 3.8) is 0 Å². The van der Waals surface area contributed by atoms with Gasteiger partial charge < -0.3 is 14.9 Å². The maximum absolute atomic E-state index is 13.7. The van der Waals surface area contributed by atoms with Crippen LogP contribution in [0.15, 0.2) is 41.3 Å². The lowest BCUT2D eigenvalue weighted by atomic mass is 9.87. The van der Waals surface area contributed by atoms with Gasteiger partial charge in [0.25, 0.3) is 5.91 Å². The Balaban J connectivity index is 2.24. The van der Waals surface area contributed by atoms with Crippen molar-refractivity contribution in [2.24, 2.45) is 0 Å². The molecule has 32 heavy (non-hydrogen) atoms. The molecule has 1 heterocycles. The van der Waals surface area contributed by atoms with Crippen LogP contribution in [0.4, 0.5) is 5.69 Å². The predicted molar refractivity (Wildman–Crippen MR) is 127 cm³/mol. The minimum absolute atomic E-state index is 0.0467. The smallest absolute Gasteiger partial charge is 0.268 e. The van der Waals surface area contributed by atoms with Gasteiger partial charge in [-0.3, -0.25) is 4.79 Å². The lowest BCUT2D eigenvalue weighted by Gasteiger charge is -2.28. The first-order valence-electron chi connectivity index (χ1n) is 10.3. The van der Waals surface area contributed by atoms with Gasteiger partial charge >= 0.3 is 0 Å². The summed E-state index contributed by atoms with van der Waals surface area (Å²) in [6.07, 6.45) is 0. The zero-order valence-corrected chi connectivity index (χ0v) is 20.8. The molecule has 2 aromatic carbocycles. The summed E-state index contributed by atoms with van der Waals surface area (Å²) in [5.41, 5.74) is -1.82. The summed E-state index contributed by atoms with van der Waals surface area (Å²) in [5, 5.41) is 12.3. The lowest BCUT2D eigenvalue weighted by molar-refractivity contribution is -0.132. The highest BCUT2D eigenvalue weighted by atomic mass is 35.5. The van der Waals surface area contributed by atoms with Crippen LogP contribution in [0.2, 0.25) is 10.0 Å². The summed E-state index contributed by atoms with van der Waals surface area (Å²) in [5.74, 6) is -0.662. The molecular formula is C22H27Cl2N3O4S. The Morgan fingerprint density at radius 2 is 1.72 bits per heavy atom. The summed E-state index contributed by atoms with van der Waals surface area (Å²) in [6.45, 7) is 6.50. The number of likely N-dealkylation sites (N-methyl/N-ethyl adjacent to an activating group) is 1. The molecule has 1 N–H and O–H groups in total. The number of hydrogen-bond donors (Lipinski definition) is 1. The number of sulfonamides is 1. The van der Waals surface area contributed by atoms with Crippen LogP contribution in [0.1, 0.15) is 25.0 Å². The second-order valence-corrected chi connectivity index (χ2v) is 10.7. The van der Waals surface area contributed by atoms with E-state index in [9.17, 15) is 18.3 Å². The molecule has 3 rings (SSSR count). The van der Waals surface area contributed by atoms with Crippen molar-refractivity contribution < 1.29 is 18.3 Å². The molecule has 7 nitrogen and oxygen atoms in total. The zero-order valence-electron chi connectivity index (χ0n) is 18.5. The molecule has 1 unspecified atom stereocenters. The number of halogens is 2. The van der Waals surface area contributed by atoms with Gasteiger partial charge in [0.15, 0.2) is 5.60 Å². The molecule has 1 atom stereocenters. The normalized spacial score (nSPS) is 18.7. The number of anilines is 1. The van der Waals surface area contributed by atoms with Gasteiger partial charge in [0.05, 0.1) is 15.6 Å². The van der Waals surface area contributed by atoms with Crippen molar-refractivity contribution >= 4 is 44.8 Å². The third-order valence-electron chi connectivity index (χ3n) is 5.81. The summed E-state index contributed by atoms with van der Waals surface area (Å²) in [4.78, 5) is 17.1. The first kappa shape index (κ1) is 25.0. The minimum Gasteiger partial charge on any atom is -0.372 e. The van der Waals surface area contributed by atoms with Crippen molar-refractivity contribution in [2.45, 2.75) is 24.3 Å². The molecule has 174 valence electrons. The van der Waals surface area contributed by atoms with E-state index in [0.29, 0.717) is 17.3 Å². The maximum Gasteiger partial charge on any atom is 0.268 e. The van der Waals surface area contributed by atoms with Crippen LogP contribution in [0.3, 0.4) is 0 Å². The quantitative estimate of drug-likeness (QED) is 0.603. The largest absolute Gasteiger partial charge is 0.372 e. The number of aliphatic hydroxyl groups is 1. The molecule has 1 amide bonds. The van der Waals surface area contributed by atoms with E-state index in [1.165, 1.54) is 37.2 Å². The first-order valence-corrected chi connectivity index (χ1v) is 12.5. The van der Waals surface area contributed by atoms with E-state index < -0.39 is 21.5 Å². The van der Waals surface area contributed by atoms with Crippen LogP contribution in [0.5, 0.6) is 0 Å². The van der Waals surface area contributed by atoms with Crippen molar-refractivity contribution in [2.75, 3.05) is 45.2 Å². The number of rotatable bonds is 8. The fourth-order valence-electron chi connectivity index (χ4n) is 3.98. The monoisotopic (exact) mass is 499 g/mol. The third kappa shape index (κ3) is 4.04. The molecule has 10 heteroatoms. The Kier molecular flexibility index (Phi) is 7.24. The summed E-state index contributed by atoms with van der Waals surface area (Å²) in [7, 11) is -1.17. The SMILES string of the molecule is CCN(CC)CCN1C(=O)C(O)(c2ccccc2S(=O)(=O)N(C)C)c2c(Cl)cc(Cl)cc21. The van der Waals surface area contributed by atoms with Crippen molar-refractivity contribution in [3.8, 4) is 0 Å². The zero-order chi connectivity index (χ0) is 23.8. The lowest BCUT2D eigenvalue weighted by Crippen LogP contribution is -2.45. The Bertz CT molecular complexity index is 1140. The molecule has 0 spiro atoms. The number of carbonyl (C=O) groups is 1. The third-order valence-corrected chi connectivity index (χ3v) is 8.20. The van der Waals surface area contributed by atoms with E-state index in [0.717, 1.165) is 17.4 Å². The van der Waals surface area contributed by atoms with Crippen LogP contribution < -0.4 is 4.90 Å². The number of hydrogen-bond acceptors (Lipinski definition) is 5. The summed E-state index contributed by atoms with van der Waals surface area (Å²) < 4.78 is 27.1. The van der Waals surface area contributed by atoms with Gasteiger partial charge in [-0.05, 0) is 31.3 Å². The standard InChI is InChI=1S/C22H27Cl2N3O4S/c1-5-26(6-2)11-12-27-18-14-15(23)13-17(24)20(18)22(29,21(27)28)16-9-7-8-10-19(16)32(30,31)25(3)4/h7-10,13-14,29H,5-6,11-12H2,1-4H3. The van der Waals surface area contributed by atoms with Crippen LogP contribution in [-0.4, -0.2) is 68.9 Å². The first-order chi connectivity index (χ1) is 15.0. The Morgan fingerprint density at radius 1 is 1.09 bits per heavy atom. The van der Waals surface area contributed by atoms with Crippen molar-refractivity contribution in [1.82, 2.24) is 9.21 Å². The van der Waals surface area contributed by atoms with Crippen molar-refractivity contribution in [1.29, 1.82) is 0 Å². The fraction of sp³-hybridized carbons (Fsp3) is 0.409. The Morgan fingerprint density at radius 3 is 2.31 bits per heavy atom. The highest BCUT2D eigenvalue weighted by Gasteiger charge is 2.54. The van der Waals surface area contributed by atoms with E-state index in [1.807, 2.05) is 13.8 Å². The van der Waals surface area contributed by atoms with E-state index in [4.69, 9.17) is 23.2 Å². The molecule has 0 saturated carbocycles. The molecule has 0 radical (unpaired) electrons. The van der Waals surface area contributed by atoms with E-state index in [2.05, 4.69) is 4.90 Å². The minimum atomic E-state index is -3.96.